The number of nitrogens with one attached hydrogen (secondary N) is 1. The van der Waals surface area contributed by atoms with Gasteiger partial charge < -0.3 is 5.32 Å². The van der Waals surface area contributed by atoms with Gasteiger partial charge in [-0.3, -0.25) is 4.90 Å². The second-order valence-electron chi connectivity index (χ2n) is 6.32. The number of aromatic nitrogens is 1. The van der Waals surface area contributed by atoms with Crippen LogP contribution in [0.1, 0.15) is 43.3 Å². The predicted molar refractivity (Wildman–Crippen MR) is 80.8 cm³/mol. The van der Waals surface area contributed by atoms with Crippen molar-refractivity contribution in [3.8, 4) is 0 Å². The summed E-state index contributed by atoms with van der Waals surface area (Å²) >= 11 is 1.81. The predicted octanol–water partition coefficient (Wildman–Crippen LogP) is 2.60. The third-order valence-corrected chi connectivity index (χ3v) is 5.77. The first-order valence-electron chi connectivity index (χ1n) is 7.57. The van der Waals surface area contributed by atoms with Crippen molar-refractivity contribution in [2.75, 3.05) is 19.6 Å². The second-order valence-corrected chi connectivity index (χ2v) is 7.26. The van der Waals surface area contributed by atoms with Crippen LogP contribution in [0.4, 0.5) is 0 Å². The van der Waals surface area contributed by atoms with E-state index >= 15 is 0 Å². The highest BCUT2D eigenvalue weighted by atomic mass is 32.1. The maximum Gasteiger partial charge on any atom is 0.0940 e. The van der Waals surface area contributed by atoms with Crippen LogP contribution in [-0.2, 0) is 6.42 Å². The summed E-state index contributed by atoms with van der Waals surface area (Å²) in [6, 6.07) is 0.660. The molecule has 1 saturated heterocycles. The Bertz CT molecular complexity index is 423. The smallest absolute Gasteiger partial charge is 0.0940 e. The van der Waals surface area contributed by atoms with Gasteiger partial charge in [0, 0.05) is 48.7 Å². The zero-order valence-corrected chi connectivity index (χ0v) is 12.9. The highest BCUT2D eigenvalue weighted by Gasteiger charge is 2.39. The SMILES string of the molecule is Cc1csc(CCN2CC3(CCCC3)NCC2C)n1. The minimum Gasteiger partial charge on any atom is -0.308 e. The molecule has 3 rings (SSSR count). The van der Waals surface area contributed by atoms with Gasteiger partial charge in [-0.25, -0.2) is 4.98 Å². The van der Waals surface area contributed by atoms with E-state index in [-0.39, 0.29) is 0 Å². The summed E-state index contributed by atoms with van der Waals surface area (Å²) in [6.45, 7) is 7.98. The number of hydrogen-bond acceptors (Lipinski definition) is 4. The van der Waals surface area contributed by atoms with Crippen LogP contribution in [-0.4, -0.2) is 41.1 Å². The van der Waals surface area contributed by atoms with Gasteiger partial charge in [-0.05, 0) is 26.7 Å². The molecule has 4 heteroatoms. The molecule has 0 bridgehead atoms. The third kappa shape index (κ3) is 3.01. The molecule has 1 spiro atoms. The fourth-order valence-electron chi connectivity index (χ4n) is 3.54. The van der Waals surface area contributed by atoms with Gasteiger partial charge in [0.2, 0.25) is 0 Å². The number of rotatable bonds is 3. The molecule has 1 unspecified atom stereocenters. The summed E-state index contributed by atoms with van der Waals surface area (Å²) in [5, 5.41) is 7.28. The van der Waals surface area contributed by atoms with Crippen molar-refractivity contribution in [1.82, 2.24) is 15.2 Å². The molecule has 0 amide bonds. The Hall–Kier alpha value is -0.450. The molecule has 0 radical (unpaired) electrons. The van der Waals surface area contributed by atoms with Crippen LogP contribution in [0.3, 0.4) is 0 Å². The molecule has 1 aliphatic heterocycles. The van der Waals surface area contributed by atoms with E-state index in [0.29, 0.717) is 11.6 Å². The lowest BCUT2D eigenvalue weighted by atomic mass is 9.92. The average Bonchev–Trinajstić information content (AvgIpc) is 3.01. The summed E-state index contributed by atoms with van der Waals surface area (Å²) in [5.41, 5.74) is 1.60. The monoisotopic (exact) mass is 279 g/mol. The molecular weight excluding hydrogens is 254 g/mol. The van der Waals surface area contributed by atoms with Gasteiger partial charge in [-0.15, -0.1) is 11.3 Å². The minimum atomic E-state index is 0.436. The quantitative estimate of drug-likeness (QED) is 0.922. The van der Waals surface area contributed by atoms with Crippen LogP contribution < -0.4 is 5.32 Å². The van der Waals surface area contributed by atoms with E-state index in [1.807, 2.05) is 11.3 Å². The Balaban J connectivity index is 1.59. The van der Waals surface area contributed by atoms with Crippen LogP contribution in [0.2, 0.25) is 0 Å². The number of hydrogen-bond donors (Lipinski definition) is 1. The lowest BCUT2D eigenvalue weighted by molar-refractivity contribution is 0.0903. The van der Waals surface area contributed by atoms with Crippen molar-refractivity contribution in [2.45, 2.75) is 57.5 Å². The highest BCUT2D eigenvalue weighted by molar-refractivity contribution is 7.09. The van der Waals surface area contributed by atoms with E-state index in [0.717, 1.165) is 19.5 Å². The van der Waals surface area contributed by atoms with E-state index in [1.165, 1.54) is 42.9 Å². The summed E-state index contributed by atoms with van der Waals surface area (Å²) in [6.07, 6.45) is 6.65. The Morgan fingerprint density at radius 2 is 2.26 bits per heavy atom. The standard InChI is InChI=1S/C15H25N3S/c1-12-10-19-14(17-12)5-8-18-11-15(6-3-4-7-15)16-9-13(18)2/h10,13,16H,3-9,11H2,1-2H3. The molecule has 1 N–H and O–H groups in total. The maximum absolute atomic E-state index is 4.59. The molecule has 0 aromatic carbocycles. The Kier molecular flexibility index (Phi) is 3.92. The van der Waals surface area contributed by atoms with E-state index in [9.17, 15) is 0 Å². The topological polar surface area (TPSA) is 28.2 Å². The molecule has 2 heterocycles. The molecule has 1 aliphatic carbocycles. The van der Waals surface area contributed by atoms with Crippen LogP contribution in [0, 0.1) is 6.92 Å². The summed E-state index contributed by atoms with van der Waals surface area (Å²) in [4.78, 5) is 7.26. The number of nitrogens with zero attached hydrogens (tertiary/aromatic N) is 2. The molecule has 106 valence electrons. The van der Waals surface area contributed by atoms with Crippen molar-refractivity contribution in [1.29, 1.82) is 0 Å². The van der Waals surface area contributed by atoms with Crippen molar-refractivity contribution in [3.05, 3.63) is 16.1 Å². The zero-order chi connectivity index (χ0) is 13.3. The third-order valence-electron chi connectivity index (χ3n) is 4.74. The highest BCUT2D eigenvalue weighted by Crippen LogP contribution is 2.33. The maximum atomic E-state index is 4.59. The van der Waals surface area contributed by atoms with Gasteiger partial charge >= 0.3 is 0 Å². The molecular formula is C15H25N3S. The summed E-state index contributed by atoms with van der Waals surface area (Å²) in [5.74, 6) is 0. The first-order valence-corrected chi connectivity index (χ1v) is 8.45. The Morgan fingerprint density at radius 1 is 1.47 bits per heavy atom. The number of aryl methyl sites for hydroxylation is 1. The molecule has 1 saturated carbocycles. The van der Waals surface area contributed by atoms with Crippen molar-refractivity contribution >= 4 is 11.3 Å². The largest absolute Gasteiger partial charge is 0.308 e. The van der Waals surface area contributed by atoms with Crippen LogP contribution in [0.15, 0.2) is 5.38 Å². The Labute approximate surface area is 120 Å². The molecule has 1 aromatic heterocycles. The second kappa shape index (κ2) is 5.51. The van der Waals surface area contributed by atoms with Gasteiger partial charge in [0.05, 0.1) is 5.01 Å². The molecule has 19 heavy (non-hydrogen) atoms. The molecule has 1 atom stereocenters. The lowest BCUT2D eigenvalue weighted by Gasteiger charge is -2.45. The van der Waals surface area contributed by atoms with E-state index in [2.05, 4.69) is 34.4 Å². The molecule has 3 nitrogen and oxygen atoms in total. The molecule has 2 fully saturated rings. The van der Waals surface area contributed by atoms with E-state index < -0.39 is 0 Å². The fourth-order valence-corrected chi connectivity index (χ4v) is 4.30. The average molecular weight is 279 g/mol. The molecule has 2 aliphatic rings. The fraction of sp³-hybridized carbons (Fsp3) is 0.800. The number of thiazole rings is 1. The van der Waals surface area contributed by atoms with Gasteiger partial charge in [-0.2, -0.15) is 0 Å². The van der Waals surface area contributed by atoms with Gasteiger partial charge in [-0.1, -0.05) is 12.8 Å². The van der Waals surface area contributed by atoms with Crippen LogP contribution in [0.5, 0.6) is 0 Å². The van der Waals surface area contributed by atoms with Crippen LogP contribution in [0.25, 0.3) is 0 Å². The number of piperazine rings is 1. The van der Waals surface area contributed by atoms with E-state index in [1.54, 1.807) is 0 Å². The van der Waals surface area contributed by atoms with Crippen LogP contribution >= 0.6 is 11.3 Å². The zero-order valence-electron chi connectivity index (χ0n) is 12.1. The van der Waals surface area contributed by atoms with Gasteiger partial charge in [0.1, 0.15) is 0 Å². The first-order chi connectivity index (χ1) is 9.17. The summed E-state index contributed by atoms with van der Waals surface area (Å²) in [7, 11) is 0. The normalized spacial score (nSPS) is 27.2. The van der Waals surface area contributed by atoms with Gasteiger partial charge in [0.25, 0.3) is 0 Å². The van der Waals surface area contributed by atoms with E-state index in [4.69, 9.17) is 0 Å². The lowest BCUT2D eigenvalue weighted by Crippen LogP contribution is -2.62. The first kappa shape index (κ1) is 13.5. The van der Waals surface area contributed by atoms with Crippen molar-refractivity contribution in [2.24, 2.45) is 0 Å². The van der Waals surface area contributed by atoms with Gasteiger partial charge in [0.15, 0.2) is 0 Å². The van der Waals surface area contributed by atoms with Crippen molar-refractivity contribution in [3.63, 3.8) is 0 Å². The summed E-state index contributed by atoms with van der Waals surface area (Å²) < 4.78 is 0. The minimum absolute atomic E-state index is 0.436. The molecule has 1 aromatic rings. The van der Waals surface area contributed by atoms with Crippen molar-refractivity contribution < 1.29 is 0 Å². The Morgan fingerprint density at radius 3 is 2.95 bits per heavy atom.